The van der Waals surface area contributed by atoms with Gasteiger partial charge in [-0.1, -0.05) is 60.6 Å². The highest BCUT2D eigenvalue weighted by Crippen LogP contribution is 2.79. The number of ether oxygens (including phenoxy) is 7. The Bertz CT molecular complexity index is 1790. The van der Waals surface area contributed by atoms with Gasteiger partial charge in [-0.2, -0.15) is 0 Å². The standard InChI is InChI=1S/C48H78O17/c1-20-21(2)39-47(16-24(20)50)19-59-48(39)15-11-27-44(7)13-12-29(43(5,6)26(44)10-14-45(27,8)46(48,9)17-28(47)51)63-41-37(34(56)31(53)23(4)61-41)65-42-38(35(57)32(54)25(18-49)62-42)64-40-36(58)33(55)30(52)22(3)60-40/h11,15,20-42,49-58H,10,12-14,16-19H2,1-9H3/t20-,21-,22+,23+,24-,25+,26+,27+,28+,29-,30-,31+,32+,33+,34-,35-,36+,37+,38+,39+,40-,41-,42-,44-,45+,46-,47-,48-/m0/s1. The Morgan fingerprint density at radius 3 is 1.89 bits per heavy atom. The predicted octanol–water partition coefficient (Wildman–Crippen LogP) is 0.483. The lowest BCUT2D eigenvalue weighted by Crippen LogP contribution is -2.73. The Morgan fingerprint density at radius 1 is 0.631 bits per heavy atom. The summed E-state index contributed by atoms with van der Waals surface area (Å²) < 4.78 is 44.2. The van der Waals surface area contributed by atoms with Gasteiger partial charge in [-0.3, -0.25) is 0 Å². The summed E-state index contributed by atoms with van der Waals surface area (Å²) in [7, 11) is 0. The van der Waals surface area contributed by atoms with Gasteiger partial charge in [0.25, 0.3) is 0 Å². The molecule has 0 amide bonds. The van der Waals surface area contributed by atoms with Crippen LogP contribution in [-0.2, 0) is 33.2 Å². The Morgan fingerprint density at radius 2 is 1.23 bits per heavy atom. The summed E-state index contributed by atoms with van der Waals surface area (Å²) in [6.45, 7) is 18.8. The average Bonchev–Trinajstić information content (AvgIpc) is 3.55. The highest BCUT2D eigenvalue weighted by molar-refractivity contribution is 5.36. The molecule has 4 saturated carbocycles. The summed E-state index contributed by atoms with van der Waals surface area (Å²) in [6.07, 6.45) is -14.7. The second-order valence-electron chi connectivity index (χ2n) is 23.5. The van der Waals surface area contributed by atoms with E-state index in [2.05, 4.69) is 60.6 Å². The first-order chi connectivity index (χ1) is 30.3. The van der Waals surface area contributed by atoms with E-state index in [1.54, 1.807) is 6.92 Å². The molecule has 0 unspecified atom stereocenters. The predicted molar refractivity (Wildman–Crippen MR) is 228 cm³/mol. The number of aliphatic hydroxyl groups excluding tert-OH is 10. The fraction of sp³-hybridized carbons (Fsp3) is 0.958. The maximum absolute atomic E-state index is 12.3. The van der Waals surface area contributed by atoms with Crippen LogP contribution in [-0.4, -0.2) is 180 Å². The minimum Gasteiger partial charge on any atom is -0.394 e. The van der Waals surface area contributed by atoms with Gasteiger partial charge < -0.3 is 84.2 Å². The highest BCUT2D eigenvalue weighted by Gasteiger charge is 2.80. The van der Waals surface area contributed by atoms with Gasteiger partial charge in [0.15, 0.2) is 18.9 Å². The van der Waals surface area contributed by atoms with Crippen LogP contribution in [0.4, 0.5) is 0 Å². The van der Waals surface area contributed by atoms with Crippen LogP contribution in [0, 0.1) is 56.7 Å². The van der Waals surface area contributed by atoms with E-state index in [-0.39, 0.29) is 45.8 Å². The van der Waals surface area contributed by atoms with Gasteiger partial charge in [-0.25, -0.2) is 0 Å². The molecule has 0 aromatic heterocycles. The average molecular weight is 927 g/mol. The van der Waals surface area contributed by atoms with Gasteiger partial charge in [0.1, 0.15) is 61.0 Å². The van der Waals surface area contributed by atoms with Gasteiger partial charge in [0.2, 0.25) is 0 Å². The van der Waals surface area contributed by atoms with E-state index >= 15 is 0 Å². The summed E-state index contributed by atoms with van der Waals surface area (Å²) in [6, 6.07) is 0. The van der Waals surface area contributed by atoms with E-state index in [1.807, 2.05) is 0 Å². The smallest absolute Gasteiger partial charge is 0.187 e. The van der Waals surface area contributed by atoms with Crippen LogP contribution >= 0.6 is 0 Å². The highest BCUT2D eigenvalue weighted by atomic mass is 16.8. The Balaban J connectivity index is 0.980. The largest absolute Gasteiger partial charge is 0.394 e. The molecule has 10 N–H and O–H groups in total. The van der Waals surface area contributed by atoms with Crippen LogP contribution in [0.1, 0.15) is 101 Å². The third kappa shape index (κ3) is 6.79. The number of hydrogen-bond acceptors (Lipinski definition) is 17. The molecule has 9 rings (SSSR count). The topological polar surface area (TPSA) is 267 Å². The first kappa shape index (κ1) is 49.1. The number of hydrogen-bond donors (Lipinski definition) is 10. The normalized spacial score (nSPS) is 60.6. The molecule has 17 heteroatoms. The zero-order valence-electron chi connectivity index (χ0n) is 39.4. The molecule has 4 aliphatic heterocycles. The molecule has 17 nitrogen and oxygen atoms in total. The fourth-order valence-electron chi connectivity index (χ4n) is 16.1. The third-order valence-corrected chi connectivity index (χ3v) is 20.3. The first-order valence-corrected chi connectivity index (χ1v) is 24.3. The van der Waals surface area contributed by atoms with Crippen molar-refractivity contribution < 1.29 is 84.2 Å². The molecule has 65 heavy (non-hydrogen) atoms. The van der Waals surface area contributed by atoms with E-state index in [0.29, 0.717) is 25.9 Å². The van der Waals surface area contributed by atoms with Crippen LogP contribution < -0.4 is 0 Å². The summed E-state index contributed by atoms with van der Waals surface area (Å²) in [4.78, 5) is 0. The molecule has 9 aliphatic rings. The van der Waals surface area contributed by atoms with Crippen LogP contribution in [0.2, 0.25) is 0 Å². The van der Waals surface area contributed by atoms with Gasteiger partial charge >= 0.3 is 0 Å². The Labute approximate surface area is 382 Å². The van der Waals surface area contributed by atoms with Gasteiger partial charge in [-0.05, 0) is 92.3 Å². The van der Waals surface area contributed by atoms with E-state index in [4.69, 9.17) is 33.2 Å². The Kier molecular flexibility index (Phi) is 12.5. The van der Waals surface area contributed by atoms with Crippen LogP contribution in [0.3, 0.4) is 0 Å². The van der Waals surface area contributed by atoms with Gasteiger partial charge in [0, 0.05) is 16.7 Å². The molecule has 0 aromatic carbocycles. The minimum atomic E-state index is -1.80. The summed E-state index contributed by atoms with van der Waals surface area (Å²) in [5, 5.41) is 110. The maximum Gasteiger partial charge on any atom is 0.187 e. The molecule has 4 saturated heterocycles. The second-order valence-corrected chi connectivity index (χ2v) is 23.5. The molecule has 28 atom stereocenters. The molecule has 0 radical (unpaired) electrons. The van der Waals surface area contributed by atoms with Crippen LogP contribution in [0.25, 0.3) is 0 Å². The lowest BCUT2D eigenvalue weighted by molar-refractivity contribution is -0.396. The van der Waals surface area contributed by atoms with Crippen molar-refractivity contribution in [3.63, 3.8) is 0 Å². The van der Waals surface area contributed by atoms with Crippen LogP contribution in [0.15, 0.2) is 12.2 Å². The molecule has 0 aromatic rings. The minimum absolute atomic E-state index is 0.0747. The monoisotopic (exact) mass is 927 g/mol. The van der Waals surface area contributed by atoms with Crippen molar-refractivity contribution >= 4 is 0 Å². The molecule has 2 bridgehead atoms. The summed E-state index contributed by atoms with van der Waals surface area (Å²) in [5.41, 5.74) is -2.32. The maximum atomic E-state index is 12.3. The Hall–Kier alpha value is -0.940. The molecule has 1 spiro atoms. The quantitative estimate of drug-likeness (QED) is 0.123. The van der Waals surface area contributed by atoms with Crippen molar-refractivity contribution in [3.05, 3.63) is 12.2 Å². The van der Waals surface area contributed by atoms with Crippen LogP contribution in [0.5, 0.6) is 0 Å². The van der Waals surface area contributed by atoms with Crippen molar-refractivity contribution in [3.8, 4) is 0 Å². The second kappa shape index (κ2) is 16.6. The molecular weight excluding hydrogens is 849 g/mol. The molecule has 5 aliphatic carbocycles. The number of aliphatic hydroxyl groups is 10. The van der Waals surface area contributed by atoms with Crippen molar-refractivity contribution in [2.75, 3.05) is 13.2 Å². The lowest BCUT2D eigenvalue weighted by atomic mass is 9.31. The summed E-state index contributed by atoms with van der Waals surface area (Å²) >= 11 is 0. The number of rotatable bonds is 7. The SMILES string of the molecule is C[C@H]1[C@H](C)[C@@H](O)C[C@]23CO[C@@]4(C=C[C@@H]5[C@@]6(C)CC[C@H](O[C@@H]7O[C@H](C)[C@@H](O)[C@H](O)[C@H]7O[C@@H]7O[C@H](CO)[C@@H](O)[C@H](O)[C@H]7O[C@@H]7O[C@H](C)[C@H](O)[C@@H](O)[C@H]7O)C(C)(C)[C@H]6CC[C@@]5(C)[C@]4(C)C[C@H]2O)[C@H]13. The fourth-order valence-corrected chi connectivity index (χ4v) is 16.1. The molecule has 372 valence electrons. The van der Waals surface area contributed by atoms with Crippen molar-refractivity contribution in [2.24, 2.45) is 56.7 Å². The number of allylic oxidation sites excluding steroid dienone is 1. The van der Waals surface area contributed by atoms with E-state index in [0.717, 1.165) is 19.3 Å². The zero-order chi connectivity index (χ0) is 47.3. The lowest BCUT2D eigenvalue weighted by Gasteiger charge is -2.73. The summed E-state index contributed by atoms with van der Waals surface area (Å²) in [5.74, 6) is 0.613. The third-order valence-electron chi connectivity index (χ3n) is 20.3. The van der Waals surface area contributed by atoms with E-state index in [9.17, 15) is 51.1 Å². The van der Waals surface area contributed by atoms with Gasteiger partial charge in [0.05, 0.1) is 49.3 Å². The zero-order valence-corrected chi connectivity index (χ0v) is 39.4. The molecule has 8 fully saturated rings. The van der Waals surface area contributed by atoms with E-state index in [1.165, 1.54) is 6.92 Å². The van der Waals surface area contributed by atoms with E-state index < -0.39 is 133 Å². The van der Waals surface area contributed by atoms with Crippen molar-refractivity contribution in [1.29, 1.82) is 0 Å². The molecule has 4 heterocycles. The number of fused-ring (bicyclic) bond motifs is 4. The van der Waals surface area contributed by atoms with Gasteiger partial charge in [-0.15, -0.1) is 0 Å². The molecular formula is C48H78O17. The van der Waals surface area contributed by atoms with Crippen molar-refractivity contribution in [1.82, 2.24) is 0 Å². The first-order valence-electron chi connectivity index (χ1n) is 24.3. The van der Waals surface area contributed by atoms with Crippen molar-refractivity contribution in [2.45, 2.75) is 217 Å².